The van der Waals surface area contributed by atoms with E-state index in [1.807, 2.05) is 23.8 Å². The van der Waals surface area contributed by atoms with Crippen LogP contribution in [0.3, 0.4) is 0 Å². The molecule has 0 aliphatic rings. The number of benzene rings is 1. The first-order valence-electron chi connectivity index (χ1n) is 7.05. The Bertz CT molecular complexity index is 975. The van der Waals surface area contributed by atoms with Gasteiger partial charge in [-0.25, -0.2) is 4.39 Å². The molecule has 0 aliphatic heterocycles. The first-order valence-corrected chi connectivity index (χ1v) is 7.99. The van der Waals surface area contributed by atoms with E-state index < -0.39 is 5.82 Å². The fourth-order valence-electron chi connectivity index (χ4n) is 2.22. The Labute approximate surface area is 139 Å². The molecule has 120 valence electrons. The average molecular weight is 342 g/mol. The van der Waals surface area contributed by atoms with Crippen LogP contribution in [0.2, 0.25) is 0 Å². The average Bonchev–Trinajstić information content (AvgIpc) is 3.30. The third-order valence-corrected chi connectivity index (χ3v) is 4.06. The Balaban J connectivity index is 1.65. The maximum Gasteiger partial charge on any atom is 0.205 e. The van der Waals surface area contributed by atoms with E-state index in [4.69, 9.17) is 0 Å². The van der Waals surface area contributed by atoms with Crippen molar-refractivity contribution < 1.29 is 4.39 Å². The number of aryl methyl sites for hydroxylation is 1. The maximum absolute atomic E-state index is 14.1. The van der Waals surface area contributed by atoms with Gasteiger partial charge in [-0.05, 0) is 51.7 Å². The second-order valence-corrected chi connectivity index (χ2v) is 5.90. The lowest BCUT2D eigenvalue weighted by molar-refractivity contribution is 0.538. The van der Waals surface area contributed by atoms with Gasteiger partial charge in [-0.2, -0.15) is 20.8 Å². The number of aromatic nitrogens is 8. The van der Waals surface area contributed by atoms with Gasteiger partial charge in [0.05, 0.1) is 0 Å². The number of hydrogen-bond acceptors (Lipinski definition) is 7. The standard InChI is InChI=1S/C14H11FN8S/c1-9-2-3-11(15)12(6-9)23-13(16-19-21-23)7-22-18-14(17-20-22)10-4-5-24-8-10/h2-6,8H,7H2,1H3. The molecule has 0 amide bonds. The smallest absolute Gasteiger partial charge is 0.205 e. The molecule has 0 fully saturated rings. The van der Waals surface area contributed by atoms with Crippen LogP contribution in [0.1, 0.15) is 11.4 Å². The lowest BCUT2D eigenvalue weighted by Gasteiger charge is -2.06. The Hall–Kier alpha value is -3.01. The summed E-state index contributed by atoms with van der Waals surface area (Å²) in [4.78, 5) is 1.38. The highest BCUT2D eigenvalue weighted by atomic mass is 32.1. The van der Waals surface area contributed by atoms with Crippen LogP contribution in [0.25, 0.3) is 17.1 Å². The van der Waals surface area contributed by atoms with Crippen LogP contribution in [0.4, 0.5) is 4.39 Å². The zero-order chi connectivity index (χ0) is 16.5. The van der Waals surface area contributed by atoms with Crippen LogP contribution in [0, 0.1) is 12.7 Å². The molecule has 10 heteroatoms. The molecule has 4 rings (SSSR count). The molecule has 3 heterocycles. The largest absolute Gasteiger partial charge is 0.205 e. The van der Waals surface area contributed by atoms with Crippen molar-refractivity contribution in [1.82, 2.24) is 40.4 Å². The van der Waals surface area contributed by atoms with Crippen LogP contribution in [-0.2, 0) is 6.54 Å². The quantitative estimate of drug-likeness (QED) is 0.563. The normalized spacial score (nSPS) is 11.1. The highest BCUT2D eigenvalue weighted by molar-refractivity contribution is 7.08. The predicted octanol–water partition coefficient (Wildman–Crippen LogP) is 1.87. The molecule has 0 N–H and O–H groups in total. The van der Waals surface area contributed by atoms with Crippen LogP contribution in [0.15, 0.2) is 35.0 Å². The van der Waals surface area contributed by atoms with Gasteiger partial charge >= 0.3 is 0 Å². The Morgan fingerprint density at radius 3 is 2.92 bits per heavy atom. The molecule has 0 radical (unpaired) electrons. The first kappa shape index (κ1) is 14.6. The van der Waals surface area contributed by atoms with E-state index in [0.717, 1.165) is 11.1 Å². The SMILES string of the molecule is Cc1ccc(F)c(-n2nnnc2Cn2nnc(-c3ccsc3)n2)c1. The monoisotopic (exact) mass is 342 g/mol. The number of nitrogens with zero attached hydrogens (tertiary/aromatic N) is 8. The molecule has 0 bridgehead atoms. The Kier molecular flexibility index (Phi) is 3.58. The van der Waals surface area contributed by atoms with E-state index in [1.165, 1.54) is 15.5 Å². The molecule has 0 atom stereocenters. The van der Waals surface area contributed by atoms with Gasteiger partial charge in [0.15, 0.2) is 5.82 Å². The van der Waals surface area contributed by atoms with Crippen molar-refractivity contribution in [3.05, 3.63) is 52.2 Å². The molecule has 0 aliphatic carbocycles. The van der Waals surface area contributed by atoms with Crippen molar-refractivity contribution in [3.8, 4) is 17.1 Å². The van der Waals surface area contributed by atoms with E-state index in [-0.39, 0.29) is 12.2 Å². The summed E-state index contributed by atoms with van der Waals surface area (Å²) in [5.74, 6) is 0.533. The van der Waals surface area contributed by atoms with Crippen LogP contribution in [0.5, 0.6) is 0 Å². The molecule has 4 aromatic rings. The number of thiophene rings is 1. The summed E-state index contributed by atoms with van der Waals surface area (Å²) in [6, 6.07) is 6.67. The molecular weight excluding hydrogens is 331 g/mol. The van der Waals surface area contributed by atoms with Crippen LogP contribution >= 0.6 is 11.3 Å². The lowest BCUT2D eigenvalue weighted by Crippen LogP contribution is -2.12. The molecule has 0 saturated carbocycles. The minimum Gasteiger partial charge on any atom is -0.205 e. The first-order chi connectivity index (χ1) is 11.7. The number of halogens is 1. The van der Waals surface area contributed by atoms with Crippen LogP contribution in [-0.4, -0.2) is 40.4 Å². The van der Waals surface area contributed by atoms with Crippen molar-refractivity contribution in [1.29, 1.82) is 0 Å². The zero-order valence-electron chi connectivity index (χ0n) is 12.5. The van der Waals surface area contributed by atoms with Gasteiger partial charge in [0.25, 0.3) is 0 Å². The van der Waals surface area contributed by atoms with E-state index in [0.29, 0.717) is 11.6 Å². The summed E-state index contributed by atoms with van der Waals surface area (Å²) in [6.07, 6.45) is 0. The number of hydrogen-bond donors (Lipinski definition) is 0. The third kappa shape index (κ3) is 2.67. The van der Waals surface area contributed by atoms with Gasteiger partial charge in [-0.3, -0.25) is 0 Å². The van der Waals surface area contributed by atoms with Crippen molar-refractivity contribution in [2.75, 3.05) is 0 Å². The summed E-state index contributed by atoms with van der Waals surface area (Å²) >= 11 is 1.56. The van der Waals surface area contributed by atoms with E-state index in [1.54, 1.807) is 23.5 Å². The molecule has 0 saturated heterocycles. The van der Waals surface area contributed by atoms with Gasteiger partial charge in [-0.1, -0.05) is 6.07 Å². The second-order valence-electron chi connectivity index (χ2n) is 5.12. The summed E-state index contributed by atoms with van der Waals surface area (Å²) in [6.45, 7) is 2.05. The second kappa shape index (κ2) is 5.89. The molecule has 0 unspecified atom stereocenters. The zero-order valence-corrected chi connectivity index (χ0v) is 13.4. The van der Waals surface area contributed by atoms with Gasteiger partial charge in [-0.15, -0.1) is 15.3 Å². The topological polar surface area (TPSA) is 87.2 Å². The maximum atomic E-state index is 14.1. The molecule has 0 spiro atoms. The highest BCUT2D eigenvalue weighted by Gasteiger charge is 2.15. The Morgan fingerprint density at radius 2 is 2.08 bits per heavy atom. The Morgan fingerprint density at radius 1 is 1.17 bits per heavy atom. The summed E-state index contributed by atoms with van der Waals surface area (Å²) < 4.78 is 15.4. The summed E-state index contributed by atoms with van der Waals surface area (Å²) in [5.41, 5.74) is 2.09. The minimum atomic E-state index is -0.403. The summed E-state index contributed by atoms with van der Waals surface area (Å²) in [7, 11) is 0. The minimum absolute atomic E-state index is 0.178. The summed E-state index contributed by atoms with van der Waals surface area (Å²) in [5, 5.41) is 27.6. The van der Waals surface area contributed by atoms with Gasteiger partial charge in [0.2, 0.25) is 5.82 Å². The van der Waals surface area contributed by atoms with Crippen molar-refractivity contribution in [2.24, 2.45) is 0 Å². The third-order valence-electron chi connectivity index (χ3n) is 3.38. The number of tetrazole rings is 2. The molecule has 3 aromatic heterocycles. The number of rotatable bonds is 4. The van der Waals surface area contributed by atoms with E-state index in [2.05, 4.69) is 30.9 Å². The highest BCUT2D eigenvalue weighted by Crippen LogP contribution is 2.18. The fraction of sp³-hybridized carbons (Fsp3) is 0.143. The molecule has 1 aromatic carbocycles. The van der Waals surface area contributed by atoms with E-state index >= 15 is 0 Å². The predicted molar refractivity (Wildman–Crippen MR) is 84.1 cm³/mol. The van der Waals surface area contributed by atoms with Crippen molar-refractivity contribution in [2.45, 2.75) is 13.5 Å². The van der Waals surface area contributed by atoms with Gasteiger partial charge in [0, 0.05) is 10.9 Å². The fourth-order valence-corrected chi connectivity index (χ4v) is 2.85. The van der Waals surface area contributed by atoms with Crippen molar-refractivity contribution in [3.63, 3.8) is 0 Å². The van der Waals surface area contributed by atoms with Crippen LogP contribution < -0.4 is 0 Å². The van der Waals surface area contributed by atoms with E-state index in [9.17, 15) is 4.39 Å². The van der Waals surface area contributed by atoms with Gasteiger partial charge in [0.1, 0.15) is 18.0 Å². The van der Waals surface area contributed by atoms with Gasteiger partial charge < -0.3 is 0 Å². The lowest BCUT2D eigenvalue weighted by atomic mass is 10.2. The molecule has 24 heavy (non-hydrogen) atoms. The molecule has 8 nitrogen and oxygen atoms in total. The van der Waals surface area contributed by atoms with Crippen molar-refractivity contribution >= 4 is 11.3 Å². The molecular formula is C14H11FN8S.